The number of rotatable bonds is 2. The molecule has 0 aromatic carbocycles. The molecular weight excluding hydrogens is 318 g/mol. The molecular formula is C14H19N5O5. The number of carboxylic acids is 1. The van der Waals surface area contributed by atoms with Crippen molar-refractivity contribution in [1.29, 1.82) is 0 Å². The molecule has 2 heterocycles. The first-order chi connectivity index (χ1) is 11.3. The lowest BCUT2D eigenvalue weighted by molar-refractivity contribution is -0.134. The van der Waals surface area contributed by atoms with Crippen LogP contribution in [0.2, 0.25) is 0 Å². The number of hydrogen-bond acceptors (Lipinski definition) is 7. The first kappa shape index (κ1) is 17.6. The minimum absolute atomic E-state index is 0.00659. The maximum absolute atomic E-state index is 11.7. The molecule has 0 saturated heterocycles. The molecule has 24 heavy (non-hydrogen) atoms. The number of aliphatic carboxylic acids is 1. The third kappa shape index (κ3) is 3.29. The molecule has 3 rings (SSSR count). The van der Waals surface area contributed by atoms with Gasteiger partial charge in [-0.1, -0.05) is 6.58 Å². The van der Waals surface area contributed by atoms with Crippen molar-refractivity contribution in [2.75, 3.05) is 12.3 Å². The molecule has 10 nitrogen and oxygen atoms in total. The summed E-state index contributed by atoms with van der Waals surface area (Å²) in [7, 11) is 0. The SMILES string of the molecule is C=C1[C@H](CO)[C@@H](O)C[C@@H]1n1cnc2c(=O)[nH]c(N)nc21.CC(=O)O. The molecule has 0 amide bonds. The molecule has 0 aliphatic heterocycles. The van der Waals surface area contributed by atoms with Crippen LogP contribution in [-0.2, 0) is 4.79 Å². The van der Waals surface area contributed by atoms with Gasteiger partial charge < -0.3 is 25.6 Å². The third-order valence-electron chi connectivity index (χ3n) is 3.82. The number of aromatic amines is 1. The Morgan fingerprint density at radius 1 is 1.58 bits per heavy atom. The minimum atomic E-state index is -0.833. The highest BCUT2D eigenvalue weighted by Crippen LogP contribution is 2.39. The number of imidazole rings is 1. The highest BCUT2D eigenvalue weighted by molar-refractivity contribution is 5.71. The molecule has 1 saturated carbocycles. The molecule has 0 radical (unpaired) electrons. The summed E-state index contributed by atoms with van der Waals surface area (Å²) in [6.45, 7) is 4.85. The Kier molecular flexibility index (Phi) is 5.00. The monoisotopic (exact) mass is 337 g/mol. The van der Waals surface area contributed by atoms with Crippen molar-refractivity contribution in [2.45, 2.75) is 25.5 Å². The first-order valence-electron chi connectivity index (χ1n) is 7.15. The number of nitrogens with two attached hydrogens (primary N) is 1. The van der Waals surface area contributed by atoms with Gasteiger partial charge in [0.25, 0.3) is 11.5 Å². The smallest absolute Gasteiger partial charge is 0.300 e. The van der Waals surface area contributed by atoms with E-state index in [4.69, 9.17) is 15.6 Å². The topological polar surface area (TPSA) is 167 Å². The van der Waals surface area contributed by atoms with Gasteiger partial charge in [0.15, 0.2) is 11.2 Å². The summed E-state index contributed by atoms with van der Waals surface area (Å²) in [6.07, 6.45) is 1.20. The van der Waals surface area contributed by atoms with Gasteiger partial charge in [-0.05, 0) is 12.0 Å². The Bertz CT molecular complexity index is 823. The minimum Gasteiger partial charge on any atom is -0.481 e. The molecule has 1 aliphatic rings. The molecule has 0 spiro atoms. The number of anilines is 1. The summed E-state index contributed by atoms with van der Waals surface area (Å²) < 4.78 is 1.67. The highest BCUT2D eigenvalue weighted by atomic mass is 16.4. The van der Waals surface area contributed by atoms with Crippen molar-refractivity contribution >= 4 is 23.1 Å². The predicted molar refractivity (Wildman–Crippen MR) is 85.2 cm³/mol. The Morgan fingerprint density at radius 3 is 2.75 bits per heavy atom. The summed E-state index contributed by atoms with van der Waals surface area (Å²) in [5.41, 5.74) is 6.37. The van der Waals surface area contributed by atoms with Gasteiger partial charge in [-0.25, -0.2) is 4.98 Å². The second kappa shape index (κ2) is 6.81. The maximum Gasteiger partial charge on any atom is 0.300 e. The molecule has 2 aromatic heterocycles. The molecule has 3 atom stereocenters. The molecule has 10 heteroatoms. The van der Waals surface area contributed by atoms with Crippen molar-refractivity contribution in [1.82, 2.24) is 19.5 Å². The zero-order chi connectivity index (χ0) is 18.0. The molecule has 1 fully saturated rings. The first-order valence-corrected chi connectivity index (χ1v) is 7.15. The van der Waals surface area contributed by atoms with Crippen LogP contribution in [0.4, 0.5) is 5.95 Å². The number of aliphatic hydroxyl groups is 2. The molecule has 130 valence electrons. The van der Waals surface area contributed by atoms with Gasteiger partial charge in [-0.3, -0.25) is 14.6 Å². The van der Waals surface area contributed by atoms with Crippen molar-refractivity contribution in [3.63, 3.8) is 0 Å². The fraction of sp³-hybridized carbons (Fsp3) is 0.429. The van der Waals surface area contributed by atoms with Crippen LogP contribution < -0.4 is 11.3 Å². The second-order valence-corrected chi connectivity index (χ2v) is 5.48. The maximum atomic E-state index is 11.7. The van der Waals surface area contributed by atoms with Crippen LogP contribution in [-0.4, -0.2) is 53.5 Å². The normalized spacial score (nSPS) is 23.1. The van der Waals surface area contributed by atoms with Gasteiger partial charge in [0, 0.05) is 12.8 Å². The van der Waals surface area contributed by atoms with Gasteiger partial charge >= 0.3 is 0 Å². The van der Waals surface area contributed by atoms with Crippen LogP contribution in [0.3, 0.4) is 0 Å². The van der Waals surface area contributed by atoms with Gasteiger partial charge in [-0.2, -0.15) is 4.98 Å². The zero-order valence-corrected chi connectivity index (χ0v) is 13.0. The number of carbonyl (C=O) groups is 1. The van der Waals surface area contributed by atoms with E-state index < -0.39 is 17.6 Å². The van der Waals surface area contributed by atoms with Crippen LogP contribution in [0.15, 0.2) is 23.3 Å². The van der Waals surface area contributed by atoms with E-state index in [0.29, 0.717) is 17.6 Å². The van der Waals surface area contributed by atoms with Crippen molar-refractivity contribution < 1.29 is 20.1 Å². The van der Waals surface area contributed by atoms with E-state index >= 15 is 0 Å². The van der Waals surface area contributed by atoms with E-state index in [0.717, 1.165) is 6.92 Å². The van der Waals surface area contributed by atoms with E-state index in [1.54, 1.807) is 4.57 Å². The number of aromatic nitrogens is 4. The number of nitrogen functional groups attached to an aromatic ring is 1. The zero-order valence-electron chi connectivity index (χ0n) is 13.0. The molecule has 1 aliphatic carbocycles. The largest absolute Gasteiger partial charge is 0.481 e. The average Bonchev–Trinajstić information content (AvgIpc) is 2.99. The fourth-order valence-corrected chi connectivity index (χ4v) is 2.74. The second-order valence-electron chi connectivity index (χ2n) is 5.48. The molecule has 0 bridgehead atoms. The van der Waals surface area contributed by atoms with E-state index in [1.807, 2.05) is 0 Å². The van der Waals surface area contributed by atoms with Crippen LogP contribution in [0.5, 0.6) is 0 Å². The highest BCUT2D eigenvalue weighted by Gasteiger charge is 2.37. The number of fused-ring (bicyclic) bond motifs is 1. The summed E-state index contributed by atoms with van der Waals surface area (Å²) in [4.78, 5) is 31.2. The van der Waals surface area contributed by atoms with Crippen LogP contribution in [0, 0.1) is 5.92 Å². The number of nitrogens with one attached hydrogen (secondary N) is 1. The predicted octanol–water partition coefficient (Wildman–Crippen LogP) is -0.737. The van der Waals surface area contributed by atoms with Gasteiger partial charge in [0.05, 0.1) is 25.1 Å². The number of hydrogen-bond donors (Lipinski definition) is 5. The Hall–Kier alpha value is -2.72. The van der Waals surface area contributed by atoms with E-state index in [9.17, 15) is 15.0 Å². The number of nitrogens with zero attached hydrogens (tertiary/aromatic N) is 3. The fourth-order valence-electron chi connectivity index (χ4n) is 2.74. The lowest BCUT2D eigenvalue weighted by Crippen LogP contribution is -2.17. The van der Waals surface area contributed by atoms with Crippen molar-refractivity contribution in [3.8, 4) is 0 Å². The van der Waals surface area contributed by atoms with E-state index in [2.05, 4.69) is 21.5 Å². The van der Waals surface area contributed by atoms with Gasteiger partial charge in [-0.15, -0.1) is 0 Å². The lowest BCUT2D eigenvalue weighted by Gasteiger charge is -2.15. The molecule has 6 N–H and O–H groups in total. The summed E-state index contributed by atoms with van der Waals surface area (Å²) in [5.74, 6) is -1.20. The lowest BCUT2D eigenvalue weighted by atomic mass is 10.0. The van der Waals surface area contributed by atoms with Crippen molar-refractivity contribution in [3.05, 3.63) is 28.8 Å². The number of aliphatic hydroxyl groups excluding tert-OH is 2. The summed E-state index contributed by atoms with van der Waals surface area (Å²) in [5, 5.41) is 26.6. The average molecular weight is 337 g/mol. The standard InChI is InChI=1S/C12H15N5O3.C2H4O2/c1-5-6(3-18)8(19)2-7(5)17-4-14-9-10(17)15-12(13)16-11(9)20;1-2(3)4/h4,6-8,18-19H,1-3H2,(H3,13,15,16,20);1H3,(H,3,4)/t6-,7-,8-;/m0./s1. The van der Waals surface area contributed by atoms with E-state index in [-0.39, 0.29) is 30.0 Å². The number of H-pyrrole nitrogens is 1. The van der Waals surface area contributed by atoms with Gasteiger partial charge in [0.2, 0.25) is 5.95 Å². The third-order valence-corrected chi connectivity index (χ3v) is 3.82. The Balaban J connectivity index is 0.000000471. The summed E-state index contributed by atoms with van der Waals surface area (Å²) >= 11 is 0. The van der Waals surface area contributed by atoms with Crippen LogP contribution in [0.25, 0.3) is 11.2 Å². The summed E-state index contributed by atoms with van der Waals surface area (Å²) in [6, 6.07) is -0.263. The van der Waals surface area contributed by atoms with E-state index in [1.165, 1.54) is 6.33 Å². The van der Waals surface area contributed by atoms with Crippen LogP contribution in [0.1, 0.15) is 19.4 Å². The van der Waals surface area contributed by atoms with Crippen LogP contribution >= 0.6 is 0 Å². The number of carboxylic acid groups (broad SMARTS) is 1. The molecule has 0 unspecified atom stereocenters. The quantitative estimate of drug-likeness (QED) is 0.447. The molecule has 2 aromatic rings. The van der Waals surface area contributed by atoms with Gasteiger partial charge in [0.1, 0.15) is 0 Å². The van der Waals surface area contributed by atoms with Crippen molar-refractivity contribution in [2.24, 2.45) is 5.92 Å². The Morgan fingerprint density at radius 2 is 2.21 bits per heavy atom. The Labute approximate surface area is 136 Å².